The smallest absolute Gasteiger partial charge is 0.225 e. The third kappa shape index (κ3) is 6.09. The first-order chi connectivity index (χ1) is 13.7. The molecule has 1 aliphatic rings. The molecule has 2 aromatic rings. The molecule has 0 amide bonds. The van der Waals surface area contributed by atoms with E-state index in [1.54, 1.807) is 26.6 Å². The standard InChI is InChI=1S/C20H28N6O2.HI/c1-21-19(24-10-7-16-5-6-17(27-2)18(15-16)28-3)25-11-13-26(14-12-25)20-22-8-4-9-23-20;/h4-6,8-9,15H,7,10-14H2,1-3H3,(H,21,24);1H. The highest BCUT2D eigenvalue weighted by Crippen LogP contribution is 2.27. The van der Waals surface area contributed by atoms with Crippen LogP contribution in [0.1, 0.15) is 5.56 Å². The lowest BCUT2D eigenvalue weighted by molar-refractivity contribution is 0.354. The van der Waals surface area contributed by atoms with E-state index in [1.807, 2.05) is 25.2 Å². The molecule has 1 aliphatic heterocycles. The van der Waals surface area contributed by atoms with Crippen LogP contribution >= 0.6 is 24.0 Å². The van der Waals surface area contributed by atoms with E-state index in [-0.39, 0.29) is 24.0 Å². The Hall–Kier alpha value is -2.30. The number of halogens is 1. The van der Waals surface area contributed by atoms with Crippen LogP contribution in [0.15, 0.2) is 41.7 Å². The molecule has 1 N–H and O–H groups in total. The Morgan fingerprint density at radius 1 is 1.07 bits per heavy atom. The number of ether oxygens (including phenoxy) is 2. The van der Waals surface area contributed by atoms with E-state index in [4.69, 9.17) is 9.47 Å². The molecule has 1 saturated heterocycles. The summed E-state index contributed by atoms with van der Waals surface area (Å²) >= 11 is 0. The molecule has 0 bridgehead atoms. The van der Waals surface area contributed by atoms with Gasteiger partial charge in [-0.15, -0.1) is 24.0 Å². The molecule has 0 unspecified atom stereocenters. The van der Waals surface area contributed by atoms with E-state index < -0.39 is 0 Å². The number of guanidine groups is 1. The van der Waals surface area contributed by atoms with Gasteiger partial charge in [-0.25, -0.2) is 9.97 Å². The van der Waals surface area contributed by atoms with Gasteiger partial charge in [-0.1, -0.05) is 6.07 Å². The van der Waals surface area contributed by atoms with Crippen LogP contribution in [0.5, 0.6) is 11.5 Å². The minimum Gasteiger partial charge on any atom is -0.493 e. The Morgan fingerprint density at radius 3 is 2.38 bits per heavy atom. The predicted octanol–water partition coefficient (Wildman–Crippen LogP) is 2.05. The molecule has 1 aromatic heterocycles. The summed E-state index contributed by atoms with van der Waals surface area (Å²) in [5, 5.41) is 3.46. The number of nitrogens with zero attached hydrogens (tertiary/aromatic N) is 5. The van der Waals surface area contributed by atoms with E-state index in [1.165, 1.54) is 5.56 Å². The second-order valence-electron chi connectivity index (χ2n) is 6.44. The van der Waals surface area contributed by atoms with E-state index in [9.17, 15) is 0 Å². The van der Waals surface area contributed by atoms with Crippen molar-refractivity contribution in [2.24, 2.45) is 4.99 Å². The molecule has 2 heterocycles. The predicted molar refractivity (Wildman–Crippen MR) is 126 cm³/mol. The Bertz CT molecular complexity index is 782. The van der Waals surface area contributed by atoms with Gasteiger partial charge in [0.25, 0.3) is 0 Å². The van der Waals surface area contributed by atoms with Crippen LogP contribution in [0.3, 0.4) is 0 Å². The van der Waals surface area contributed by atoms with E-state index in [0.29, 0.717) is 0 Å². The van der Waals surface area contributed by atoms with E-state index in [0.717, 1.165) is 62.6 Å². The summed E-state index contributed by atoms with van der Waals surface area (Å²) < 4.78 is 10.7. The third-order valence-electron chi connectivity index (χ3n) is 4.77. The first kappa shape index (κ1) is 23.0. The summed E-state index contributed by atoms with van der Waals surface area (Å²) in [7, 11) is 5.13. The van der Waals surface area contributed by atoms with Crippen molar-refractivity contribution in [3.8, 4) is 11.5 Å². The zero-order chi connectivity index (χ0) is 19.8. The average molecular weight is 512 g/mol. The van der Waals surface area contributed by atoms with Gasteiger partial charge >= 0.3 is 0 Å². The second-order valence-corrected chi connectivity index (χ2v) is 6.44. The van der Waals surface area contributed by atoms with E-state index >= 15 is 0 Å². The number of benzene rings is 1. The molecular formula is C20H29IN6O2. The number of rotatable bonds is 6. The lowest BCUT2D eigenvalue weighted by Crippen LogP contribution is -2.53. The molecule has 29 heavy (non-hydrogen) atoms. The summed E-state index contributed by atoms with van der Waals surface area (Å²) in [6.07, 6.45) is 4.43. The quantitative estimate of drug-likeness (QED) is 0.361. The SMILES string of the molecule is CN=C(NCCc1ccc(OC)c(OC)c1)N1CCN(c2ncccn2)CC1.I. The monoisotopic (exact) mass is 512 g/mol. The molecule has 1 fully saturated rings. The molecule has 158 valence electrons. The third-order valence-corrected chi connectivity index (χ3v) is 4.77. The molecule has 0 spiro atoms. The number of methoxy groups -OCH3 is 2. The highest BCUT2D eigenvalue weighted by atomic mass is 127. The van der Waals surface area contributed by atoms with Crippen LogP contribution in [-0.2, 0) is 6.42 Å². The highest BCUT2D eigenvalue weighted by molar-refractivity contribution is 14.0. The average Bonchev–Trinajstić information content (AvgIpc) is 2.77. The normalized spacial score (nSPS) is 14.2. The zero-order valence-corrected chi connectivity index (χ0v) is 19.5. The van der Waals surface area contributed by atoms with Crippen molar-refractivity contribution in [3.63, 3.8) is 0 Å². The molecule has 0 atom stereocenters. The molecule has 1 aromatic carbocycles. The van der Waals surface area contributed by atoms with Crippen LogP contribution in [0.4, 0.5) is 5.95 Å². The molecule has 0 aliphatic carbocycles. The number of hydrogen-bond donors (Lipinski definition) is 1. The summed E-state index contributed by atoms with van der Waals surface area (Å²) in [5.41, 5.74) is 1.19. The van der Waals surface area contributed by atoms with Gasteiger partial charge in [0, 0.05) is 52.2 Å². The van der Waals surface area contributed by atoms with Gasteiger partial charge in [0.1, 0.15) is 0 Å². The van der Waals surface area contributed by atoms with Crippen molar-refractivity contribution >= 4 is 35.9 Å². The minimum atomic E-state index is 0. The summed E-state index contributed by atoms with van der Waals surface area (Å²) in [4.78, 5) is 17.6. The zero-order valence-electron chi connectivity index (χ0n) is 17.2. The fourth-order valence-electron chi connectivity index (χ4n) is 3.26. The van der Waals surface area contributed by atoms with Gasteiger partial charge < -0.3 is 24.6 Å². The van der Waals surface area contributed by atoms with Crippen LogP contribution in [0.25, 0.3) is 0 Å². The summed E-state index contributed by atoms with van der Waals surface area (Å²) in [6, 6.07) is 7.85. The van der Waals surface area contributed by atoms with Crippen molar-refractivity contribution in [1.29, 1.82) is 0 Å². The number of hydrogen-bond acceptors (Lipinski definition) is 6. The van der Waals surface area contributed by atoms with Crippen LogP contribution < -0.4 is 19.7 Å². The molecule has 3 rings (SSSR count). The Kier molecular flexibility index (Phi) is 9.23. The van der Waals surface area contributed by atoms with Gasteiger partial charge in [0.05, 0.1) is 14.2 Å². The first-order valence-corrected chi connectivity index (χ1v) is 9.43. The summed E-state index contributed by atoms with van der Waals surface area (Å²) in [5.74, 6) is 3.21. The van der Waals surface area contributed by atoms with Gasteiger partial charge in [-0.3, -0.25) is 4.99 Å². The minimum absolute atomic E-state index is 0. The Morgan fingerprint density at radius 2 is 1.76 bits per heavy atom. The maximum atomic E-state index is 5.37. The van der Waals surface area contributed by atoms with E-state index in [2.05, 4.69) is 36.1 Å². The topological polar surface area (TPSA) is 75.1 Å². The fourth-order valence-corrected chi connectivity index (χ4v) is 3.26. The highest BCUT2D eigenvalue weighted by Gasteiger charge is 2.20. The number of piperazine rings is 1. The maximum absolute atomic E-state index is 5.37. The molecule has 8 nitrogen and oxygen atoms in total. The number of nitrogens with one attached hydrogen (secondary N) is 1. The van der Waals surface area contributed by atoms with Crippen molar-refractivity contribution in [3.05, 3.63) is 42.2 Å². The summed E-state index contributed by atoms with van der Waals surface area (Å²) in [6.45, 7) is 4.31. The van der Waals surface area contributed by atoms with Crippen molar-refractivity contribution in [1.82, 2.24) is 20.2 Å². The number of aromatic nitrogens is 2. The molecule has 0 saturated carbocycles. The molecule has 0 radical (unpaired) electrons. The van der Waals surface area contributed by atoms with Crippen molar-refractivity contribution in [2.45, 2.75) is 6.42 Å². The van der Waals surface area contributed by atoms with Gasteiger partial charge in [-0.05, 0) is 30.2 Å². The van der Waals surface area contributed by atoms with Crippen molar-refractivity contribution in [2.75, 3.05) is 58.9 Å². The van der Waals surface area contributed by atoms with Gasteiger partial charge in [-0.2, -0.15) is 0 Å². The fraction of sp³-hybridized carbons (Fsp3) is 0.450. The Balaban J connectivity index is 0.00000300. The lowest BCUT2D eigenvalue weighted by atomic mass is 10.1. The maximum Gasteiger partial charge on any atom is 0.225 e. The first-order valence-electron chi connectivity index (χ1n) is 9.43. The van der Waals surface area contributed by atoms with Crippen LogP contribution in [0.2, 0.25) is 0 Å². The number of anilines is 1. The Labute approximate surface area is 189 Å². The van der Waals surface area contributed by atoms with Gasteiger partial charge in [0.15, 0.2) is 17.5 Å². The molecular weight excluding hydrogens is 483 g/mol. The largest absolute Gasteiger partial charge is 0.493 e. The molecule has 9 heteroatoms. The van der Waals surface area contributed by atoms with Crippen molar-refractivity contribution < 1.29 is 9.47 Å². The van der Waals surface area contributed by atoms with Gasteiger partial charge in [0.2, 0.25) is 5.95 Å². The number of aliphatic imine (C=N–C) groups is 1. The second kappa shape index (κ2) is 11.6. The van der Waals surface area contributed by atoms with Crippen LogP contribution in [0, 0.1) is 0 Å². The van der Waals surface area contributed by atoms with Crippen LogP contribution in [-0.4, -0.2) is 74.8 Å². The lowest BCUT2D eigenvalue weighted by Gasteiger charge is -2.36.